The molecule has 1 aliphatic carbocycles. The normalized spacial score (nSPS) is 13.8. The van der Waals surface area contributed by atoms with Gasteiger partial charge in [-0.05, 0) is 84.4 Å². The monoisotopic (exact) mass is 543 g/mol. The maximum atomic E-state index is 13.5. The Morgan fingerprint density at radius 3 is 2.65 bits per heavy atom. The van der Waals surface area contributed by atoms with E-state index in [0.29, 0.717) is 33.0 Å². The molecule has 0 bridgehead atoms. The minimum absolute atomic E-state index is 0.0138. The van der Waals surface area contributed by atoms with Crippen LogP contribution in [0.4, 0.5) is 10.1 Å². The van der Waals surface area contributed by atoms with Crippen molar-refractivity contribution in [2.75, 3.05) is 5.32 Å². The number of carbonyl (C=O) groups excluding carboxylic acids is 2. The van der Waals surface area contributed by atoms with Crippen LogP contribution >= 0.6 is 27.5 Å². The van der Waals surface area contributed by atoms with Crippen LogP contribution in [0.2, 0.25) is 5.02 Å². The molecule has 174 valence electrons. The fraction of sp³-hybridized carbons (Fsp3) is 0.250. The molecule has 34 heavy (non-hydrogen) atoms. The van der Waals surface area contributed by atoms with Gasteiger partial charge in [0.1, 0.15) is 16.1 Å². The Kier molecular flexibility index (Phi) is 6.73. The highest BCUT2D eigenvalue weighted by Crippen LogP contribution is 2.33. The van der Waals surface area contributed by atoms with Gasteiger partial charge >= 0.3 is 0 Å². The highest BCUT2D eigenvalue weighted by Gasteiger charge is 2.30. The number of nitriles is 1. The van der Waals surface area contributed by atoms with Gasteiger partial charge in [0.2, 0.25) is 0 Å². The van der Waals surface area contributed by atoms with Gasteiger partial charge < -0.3 is 10.6 Å². The number of nitrogens with one attached hydrogen (secondary N) is 2. The van der Waals surface area contributed by atoms with E-state index in [0.717, 1.165) is 18.9 Å². The van der Waals surface area contributed by atoms with E-state index in [1.54, 1.807) is 13.0 Å². The Morgan fingerprint density at radius 1 is 1.26 bits per heavy atom. The average Bonchev–Trinajstić information content (AvgIpc) is 3.57. The number of amides is 2. The zero-order valence-corrected chi connectivity index (χ0v) is 20.7. The van der Waals surface area contributed by atoms with Crippen LogP contribution < -0.4 is 10.6 Å². The molecule has 0 radical (unpaired) electrons. The number of nitrogens with zero attached hydrogens (tertiary/aromatic N) is 3. The van der Waals surface area contributed by atoms with Gasteiger partial charge in [0, 0.05) is 12.1 Å². The molecular formula is C24H20BrClFN5O2. The number of aryl methyl sites for hydroxylation is 1. The molecule has 0 aliphatic heterocycles. The summed E-state index contributed by atoms with van der Waals surface area (Å²) < 4.78 is 15.2. The first kappa shape index (κ1) is 23.9. The highest BCUT2D eigenvalue weighted by molar-refractivity contribution is 9.10. The molecule has 1 fully saturated rings. The fourth-order valence-electron chi connectivity index (χ4n) is 3.72. The van der Waals surface area contributed by atoms with Gasteiger partial charge in [-0.3, -0.25) is 9.59 Å². The summed E-state index contributed by atoms with van der Waals surface area (Å²) in [7, 11) is 0. The molecule has 0 saturated heterocycles. The lowest BCUT2D eigenvalue weighted by atomic mass is 10.0. The van der Waals surface area contributed by atoms with Crippen molar-refractivity contribution in [1.29, 1.82) is 5.26 Å². The minimum Gasteiger partial charge on any atom is -0.349 e. The van der Waals surface area contributed by atoms with Crippen molar-refractivity contribution in [2.24, 2.45) is 5.92 Å². The van der Waals surface area contributed by atoms with Crippen molar-refractivity contribution in [3.05, 3.63) is 74.2 Å². The maximum absolute atomic E-state index is 13.5. The van der Waals surface area contributed by atoms with Crippen LogP contribution in [0.5, 0.6) is 0 Å². The zero-order chi connectivity index (χ0) is 24.6. The topological polar surface area (TPSA) is 99.8 Å². The number of benzene rings is 2. The van der Waals surface area contributed by atoms with Crippen molar-refractivity contribution in [2.45, 2.75) is 32.7 Å². The summed E-state index contributed by atoms with van der Waals surface area (Å²) in [5.74, 6) is -1.01. The molecule has 1 aromatic heterocycles. The SMILES string of the molecule is Cc1cc(C#N)cc(C(=O)NC(C)C2CC2)c1NC(=O)c1cc(Br)nn1-c1ccc(F)cc1Cl. The lowest BCUT2D eigenvalue weighted by molar-refractivity contribution is 0.0936. The van der Waals surface area contributed by atoms with E-state index >= 15 is 0 Å². The average molecular weight is 545 g/mol. The van der Waals surface area contributed by atoms with Crippen molar-refractivity contribution in [3.63, 3.8) is 0 Å². The summed E-state index contributed by atoms with van der Waals surface area (Å²) in [6.45, 7) is 3.65. The molecule has 1 aliphatic rings. The van der Waals surface area contributed by atoms with Gasteiger partial charge in [-0.2, -0.15) is 10.4 Å². The Hall–Kier alpha value is -3.22. The second-order valence-electron chi connectivity index (χ2n) is 8.24. The smallest absolute Gasteiger partial charge is 0.274 e. The Morgan fingerprint density at radius 2 is 2.00 bits per heavy atom. The summed E-state index contributed by atoms with van der Waals surface area (Å²) in [5, 5.41) is 19.5. The Bertz CT molecular complexity index is 1350. The molecule has 1 heterocycles. The summed E-state index contributed by atoms with van der Waals surface area (Å²) in [5.41, 5.74) is 1.78. The van der Waals surface area contributed by atoms with Crippen LogP contribution in [-0.2, 0) is 0 Å². The van der Waals surface area contributed by atoms with Crippen molar-refractivity contribution < 1.29 is 14.0 Å². The minimum atomic E-state index is -0.560. The maximum Gasteiger partial charge on any atom is 0.274 e. The summed E-state index contributed by atoms with van der Waals surface area (Å²) in [6, 6.07) is 10.3. The van der Waals surface area contributed by atoms with Crippen LogP contribution in [0.3, 0.4) is 0 Å². The molecule has 1 atom stereocenters. The Balaban J connectivity index is 1.70. The third-order valence-electron chi connectivity index (χ3n) is 5.69. The second-order valence-corrected chi connectivity index (χ2v) is 9.46. The van der Waals surface area contributed by atoms with Crippen LogP contribution in [0.1, 0.15) is 51.7 Å². The standard InChI is InChI=1S/C24H20BrClFN5O2/c1-12-7-14(11-28)8-17(23(33)29-13(2)15-3-4-15)22(12)30-24(34)20-10-21(25)31-32(20)19-6-5-16(27)9-18(19)26/h5-10,13,15H,3-4H2,1-2H3,(H,29,33)(H,30,34). The quantitative estimate of drug-likeness (QED) is 0.435. The van der Waals surface area contributed by atoms with E-state index < -0.39 is 11.7 Å². The molecule has 2 aromatic carbocycles. The summed E-state index contributed by atoms with van der Waals surface area (Å²) >= 11 is 9.44. The van der Waals surface area contributed by atoms with E-state index in [9.17, 15) is 19.2 Å². The number of halogens is 3. The summed E-state index contributed by atoms with van der Waals surface area (Å²) in [4.78, 5) is 26.4. The third kappa shape index (κ3) is 4.98. The highest BCUT2D eigenvalue weighted by atomic mass is 79.9. The number of aromatic nitrogens is 2. The number of rotatable bonds is 6. The fourth-order valence-corrected chi connectivity index (χ4v) is 4.35. The number of carbonyl (C=O) groups is 2. The van der Waals surface area contributed by atoms with Crippen LogP contribution in [-0.4, -0.2) is 27.6 Å². The predicted octanol–water partition coefficient (Wildman–Crippen LogP) is 5.39. The van der Waals surface area contributed by atoms with Crippen molar-refractivity contribution >= 4 is 45.0 Å². The summed E-state index contributed by atoms with van der Waals surface area (Å²) in [6.07, 6.45) is 2.13. The first-order valence-electron chi connectivity index (χ1n) is 10.6. The van der Waals surface area contributed by atoms with Gasteiger partial charge in [0.25, 0.3) is 11.8 Å². The molecule has 4 rings (SSSR count). The van der Waals surface area contributed by atoms with Gasteiger partial charge in [0.15, 0.2) is 0 Å². The molecule has 1 saturated carbocycles. The van der Waals surface area contributed by atoms with Gasteiger partial charge in [-0.15, -0.1) is 0 Å². The van der Waals surface area contributed by atoms with Crippen molar-refractivity contribution in [3.8, 4) is 11.8 Å². The van der Waals surface area contributed by atoms with Crippen LogP contribution in [0, 0.1) is 30.0 Å². The third-order valence-corrected chi connectivity index (χ3v) is 6.38. The van der Waals surface area contributed by atoms with E-state index in [4.69, 9.17) is 11.6 Å². The zero-order valence-electron chi connectivity index (χ0n) is 18.3. The van der Waals surface area contributed by atoms with Crippen molar-refractivity contribution in [1.82, 2.24) is 15.1 Å². The number of anilines is 1. The molecule has 1 unspecified atom stereocenters. The number of hydrogen-bond donors (Lipinski definition) is 2. The lowest BCUT2D eigenvalue weighted by Crippen LogP contribution is -2.35. The first-order valence-corrected chi connectivity index (χ1v) is 11.7. The Labute approximate surface area is 209 Å². The molecular weight excluding hydrogens is 525 g/mol. The molecule has 3 aromatic rings. The molecule has 2 N–H and O–H groups in total. The molecule has 0 spiro atoms. The van der Waals surface area contributed by atoms with Gasteiger partial charge in [-0.25, -0.2) is 9.07 Å². The van der Waals surface area contributed by atoms with Crippen LogP contribution in [0.25, 0.3) is 5.69 Å². The number of hydrogen-bond acceptors (Lipinski definition) is 4. The molecule has 2 amide bonds. The van der Waals surface area contributed by atoms with Gasteiger partial charge in [-0.1, -0.05) is 11.6 Å². The van der Waals surface area contributed by atoms with Gasteiger partial charge in [0.05, 0.1) is 33.6 Å². The molecule has 7 nitrogen and oxygen atoms in total. The second kappa shape index (κ2) is 9.57. The first-order chi connectivity index (χ1) is 16.2. The largest absolute Gasteiger partial charge is 0.349 e. The molecule has 10 heteroatoms. The predicted molar refractivity (Wildman–Crippen MR) is 130 cm³/mol. The van der Waals surface area contributed by atoms with E-state index in [2.05, 4.69) is 37.7 Å². The van der Waals surface area contributed by atoms with E-state index in [1.165, 1.54) is 28.9 Å². The van der Waals surface area contributed by atoms with Crippen LogP contribution in [0.15, 0.2) is 41.0 Å². The lowest BCUT2D eigenvalue weighted by Gasteiger charge is -2.18. The van der Waals surface area contributed by atoms with E-state index in [1.807, 2.05) is 6.92 Å². The van der Waals surface area contributed by atoms with E-state index in [-0.39, 0.29) is 28.2 Å².